The van der Waals surface area contributed by atoms with Crippen LogP contribution in [0.4, 0.5) is 0 Å². The number of hydrogen-bond donors (Lipinski definition) is 2. The first-order chi connectivity index (χ1) is 8.25. The Morgan fingerprint density at radius 1 is 1.47 bits per heavy atom. The van der Waals surface area contributed by atoms with Crippen LogP contribution in [0.1, 0.15) is 19.3 Å². The second kappa shape index (κ2) is 5.77. The molecule has 17 heavy (non-hydrogen) atoms. The Kier molecular flexibility index (Phi) is 4.09. The van der Waals surface area contributed by atoms with Gasteiger partial charge in [0, 0.05) is 25.3 Å². The zero-order chi connectivity index (χ0) is 12.1. The average molecular weight is 233 g/mol. The van der Waals surface area contributed by atoms with Crippen LogP contribution in [0.3, 0.4) is 0 Å². The van der Waals surface area contributed by atoms with Crippen LogP contribution in [0.15, 0.2) is 23.8 Å². The van der Waals surface area contributed by atoms with Gasteiger partial charge in [-0.3, -0.25) is 9.69 Å². The van der Waals surface area contributed by atoms with Crippen LogP contribution in [0.5, 0.6) is 0 Å². The molecule has 92 valence electrons. The smallest absolute Gasteiger partial charge is 0.234 e. The van der Waals surface area contributed by atoms with Gasteiger partial charge in [-0.25, -0.2) is 0 Å². The van der Waals surface area contributed by atoms with Crippen LogP contribution < -0.4 is 5.32 Å². The molecule has 0 unspecified atom stereocenters. The predicted molar refractivity (Wildman–Crippen MR) is 68.3 cm³/mol. The van der Waals surface area contributed by atoms with Crippen molar-refractivity contribution in [2.24, 2.45) is 0 Å². The number of piperazine rings is 1. The largest absolute Gasteiger partial charge is 0.354 e. The fraction of sp³-hybridized carbons (Fsp3) is 0.538. The van der Waals surface area contributed by atoms with Gasteiger partial charge < -0.3 is 10.7 Å². The summed E-state index contributed by atoms with van der Waals surface area (Å²) in [7, 11) is 0. The van der Waals surface area contributed by atoms with E-state index in [0.717, 1.165) is 50.2 Å². The molecule has 4 heteroatoms. The number of carbonyl (C=O) groups excluding carboxylic acids is 1. The highest BCUT2D eigenvalue weighted by Crippen LogP contribution is 2.12. The Labute approximate surface area is 102 Å². The van der Waals surface area contributed by atoms with E-state index in [-0.39, 0.29) is 5.91 Å². The van der Waals surface area contributed by atoms with Gasteiger partial charge in [-0.05, 0) is 24.8 Å². The highest BCUT2D eigenvalue weighted by Gasteiger charge is 2.18. The van der Waals surface area contributed by atoms with Crippen molar-refractivity contribution in [3.63, 3.8) is 0 Å². The molecule has 1 amide bonds. The predicted octanol–water partition coefficient (Wildman–Crippen LogP) is 1.10. The molecule has 2 aliphatic rings. The summed E-state index contributed by atoms with van der Waals surface area (Å²) >= 11 is 0. The van der Waals surface area contributed by atoms with Gasteiger partial charge in [0.1, 0.15) is 0 Å². The van der Waals surface area contributed by atoms with E-state index >= 15 is 0 Å². The zero-order valence-corrected chi connectivity index (χ0v) is 10.0. The van der Waals surface area contributed by atoms with Crippen LogP contribution in [0.25, 0.3) is 0 Å². The van der Waals surface area contributed by atoms with Gasteiger partial charge in [-0.1, -0.05) is 18.2 Å². The fourth-order valence-electron chi connectivity index (χ4n) is 2.15. The average Bonchev–Trinajstić information content (AvgIpc) is 2.29. The number of hydrogen-bond acceptors (Lipinski definition) is 3. The third-order valence-corrected chi connectivity index (χ3v) is 3.13. The number of nitrogens with one attached hydrogen (secondary N) is 2. The number of allylic oxidation sites excluding steroid dienone is 3. The lowest BCUT2D eigenvalue weighted by Crippen LogP contribution is -2.48. The Hall–Kier alpha value is -1.42. The molecule has 1 aliphatic heterocycles. The summed E-state index contributed by atoms with van der Waals surface area (Å²) < 4.78 is 0. The van der Waals surface area contributed by atoms with E-state index in [4.69, 9.17) is 5.41 Å². The molecule has 0 aromatic carbocycles. The number of nitrogens with zero attached hydrogens (tertiary/aromatic N) is 1. The first kappa shape index (κ1) is 12.0. The van der Waals surface area contributed by atoms with Gasteiger partial charge in [0.25, 0.3) is 0 Å². The molecule has 0 aromatic heterocycles. The molecule has 1 aliphatic carbocycles. The summed E-state index contributed by atoms with van der Waals surface area (Å²) in [6, 6.07) is 0. The normalized spacial score (nSPS) is 25.8. The molecule has 1 heterocycles. The monoisotopic (exact) mass is 233 g/mol. The molecule has 0 saturated carbocycles. The molecule has 4 nitrogen and oxygen atoms in total. The van der Waals surface area contributed by atoms with E-state index in [9.17, 15) is 4.79 Å². The van der Waals surface area contributed by atoms with Crippen molar-refractivity contribution >= 4 is 11.6 Å². The summed E-state index contributed by atoms with van der Waals surface area (Å²) in [5, 5.41) is 10.8. The third kappa shape index (κ3) is 3.53. The lowest BCUT2D eigenvalue weighted by Gasteiger charge is -2.27. The van der Waals surface area contributed by atoms with Crippen LogP contribution >= 0.6 is 0 Å². The van der Waals surface area contributed by atoms with Gasteiger partial charge in [-0.15, -0.1) is 0 Å². The fourth-order valence-corrected chi connectivity index (χ4v) is 2.15. The van der Waals surface area contributed by atoms with Crippen molar-refractivity contribution in [1.82, 2.24) is 10.2 Å². The quantitative estimate of drug-likeness (QED) is 0.750. The van der Waals surface area contributed by atoms with Crippen molar-refractivity contribution in [3.05, 3.63) is 23.8 Å². The Balaban J connectivity index is 1.99. The van der Waals surface area contributed by atoms with Gasteiger partial charge in [-0.2, -0.15) is 0 Å². The van der Waals surface area contributed by atoms with E-state index in [1.165, 1.54) is 0 Å². The summed E-state index contributed by atoms with van der Waals surface area (Å²) in [6.07, 6.45) is 9.15. The van der Waals surface area contributed by atoms with Gasteiger partial charge in [0.15, 0.2) is 0 Å². The van der Waals surface area contributed by atoms with E-state index in [1.54, 1.807) is 0 Å². The molecule has 2 rings (SSSR count). The minimum Gasteiger partial charge on any atom is -0.354 e. The molecule has 0 atom stereocenters. The molecule has 1 fully saturated rings. The Bertz CT molecular complexity index is 371. The van der Waals surface area contributed by atoms with Crippen molar-refractivity contribution in [2.45, 2.75) is 19.3 Å². The zero-order valence-electron chi connectivity index (χ0n) is 10.0. The molecule has 0 aromatic rings. The second-order valence-corrected chi connectivity index (χ2v) is 4.55. The van der Waals surface area contributed by atoms with Gasteiger partial charge in [0.2, 0.25) is 5.91 Å². The first-order valence-electron chi connectivity index (χ1n) is 6.18. The summed E-state index contributed by atoms with van der Waals surface area (Å²) in [5.41, 5.74) is 1.77. The van der Waals surface area contributed by atoms with Crippen LogP contribution in [-0.4, -0.2) is 42.7 Å². The van der Waals surface area contributed by atoms with Crippen LogP contribution in [-0.2, 0) is 4.79 Å². The minimum atomic E-state index is 0.0877. The maximum Gasteiger partial charge on any atom is 0.234 e. The van der Waals surface area contributed by atoms with Crippen molar-refractivity contribution in [2.75, 3.05) is 26.2 Å². The summed E-state index contributed by atoms with van der Waals surface area (Å²) in [6.45, 7) is 2.76. The highest BCUT2D eigenvalue weighted by atomic mass is 16.2. The topological polar surface area (TPSA) is 56.2 Å². The summed E-state index contributed by atoms with van der Waals surface area (Å²) in [5.74, 6) is 0.0877. The van der Waals surface area contributed by atoms with Gasteiger partial charge in [0.05, 0.1) is 6.54 Å². The molecule has 1 saturated heterocycles. The molecule has 0 spiro atoms. The van der Waals surface area contributed by atoms with Crippen LogP contribution in [0, 0.1) is 5.41 Å². The highest BCUT2D eigenvalue weighted by molar-refractivity contribution is 5.98. The Morgan fingerprint density at radius 2 is 2.35 bits per heavy atom. The molecular formula is C13H19N3O. The van der Waals surface area contributed by atoms with Crippen molar-refractivity contribution in [1.29, 1.82) is 5.41 Å². The molecular weight excluding hydrogens is 214 g/mol. The lowest BCUT2D eigenvalue weighted by atomic mass is 10.0. The van der Waals surface area contributed by atoms with Gasteiger partial charge >= 0.3 is 0 Å². The maximum atomic E-state index is 11.3. The van der Waals surface area contributed by atoms with E-state index in [2.05, 4.69) is 16.3 Å². The second-order valence-electron chi connectivity index (χ2n) is 4.55. The van der Waals surface area contributed by atoms with E-state index in [0.29, 0.717) is 6.54 Å². The van der Waals surface area contributed by atoms with Crippen LogP contribution in [0.2, 0.25) is 0 Å². The Morgan fingerprint density at radius 3 is 3.18 bits per heavy atom. The molecule has 0 radical (unpaired) electrons. The maximum absolute atomic E-state index is 11.3. The first-order valence-corrected chi connectivity index (χ1v) is 6.18. The minimum absolute atomic E-state index is 0.0877. The SMILES string of the molecule is N=C1CCCC=C/C=C\1CN1CCNC(=O)C1. The van der Waals surface area contributed by atoms with Crippen molar-refractivity contribution in [3.8, 4) is 0 Å². The standard InChI is InChI=1S/C13H19N3O/c14-12-6-4-2-1-3-5-11(12)9-16-8-7-15-13(17)10-16/h1,3,5,14H,2,4,6-10H2,(H,15,17)/b3-1?,11-5-,14-12?. The number of amides is 1. The number of carbonyl (C=O) groups is 1. The third-order valence-electron chi connectivity index (χ3n) is 3.13. The molecule has 2 N–H and O–H groups in total. The lowest BCUT2D eigenvalue weighted by molar-refractivity contribution is -0.123. The van der Waals surface area contributed by atoms with Crippen molar-refractivity contribution < 1.29 is 4.79 Å². The van der Waals surface area contributed by atoms with E-state index < -0.39 is 0 Å². The summed E-state index contributed by atoms with van der Waals surface area (Å²) in [4.78, 5) is 13.4. The molecule has 0 bridgehead atoms. The number of rotatable bonds is 2. The van der Waals surface area contributed by atoms with E-state index in [1.807, 2.05) is 12.2 Å².